The maximum Gasteiger partial charge on any atom is 0.223 e. The van der Waals surface area contributed by atoms with Crippen molar-refractivity contribution in [2.75, 3.05) is 17.2 Å². The van der Waals surface area contributed by atoms with Crippen molar-refractivity contribution in [1.29, 1.82) is 0 Å². The highest BCUT2D eigenvalue weighted by Crippen LogP contribution is 2.34. The summed E-state index contributed by atoms with van der Waals surface area (Å²) >= 11 is 0. The molecule has 4 heteroatoms. The molecule has 0 spiro atoms. The first-order chi connectivity index (χ1) is 7.09. The number of phenols is 1. The van der Waals surface area contributed by atoms with Crippen molar-refractivity contribution >= 4 is 17.3 Å². The largest absolute Gasteiger partial charge is 0.506 e. The van der Waals surface area contributed by atoms with Crippen molar-refractivity contribution in [2.24, 2.45) is 0 Å². The second kappa shape index (κ2) is 3.46. The Kier molecular flexibility index (Phi) is 2.26. The summed E-state index contributed by atoms with van der Waals surface area (Å²) in [6, 6.07) is 3.32. The van der Waals surface area contributed by atoms with E-state index in [0.29, 0.717) is 12.2 Å². The van der Waals surface area contributed by atoms with Crippen molar-refractivity contribution in [3.05, 3.63) is 17.7 Å². The van der Waals surface area contributed by atoms with Crippen LogP contribution in [0.1, 0.15) is 18.9 Å². The molecule has 15 heavy (non-hydrogen) atoms. The minimum absolute atomic E-state index is 0.000112. The molecule has 0 atom stereocenters. The monoisotopic (exact) mass is 206 g/mol. The summed E-state index contributed by atoms with van der Waals surface area (Å²) in [5.74, 6) is 0.0435. The molecule has 2 rings (SSSR count). The summed E-state index contributed by atoms with van der Waals surface area (Å²) < 4.78 is 0. The van der Waals surface area contributed by atoms with Gasteiger partial charge < -0.3 is 15.7 Å². The first-order valence-corrected chi connectivity index (χ1v) is 4.99. The van der Waals surface area contributed by atoms with E-state index in [2.05, 4.69) is 0 Å². The molecule has 1 aromatic rings. The highest BCUT2D eigenvalue weighted by Gasteiger charge is 2.21. The molecule has 0 unspecified atom stereocenters. The van der Waals surface area contributed by atoms with E-state index in [-0.39, 0.29) is 11.7 Å². The van der Waals surface area contributed by atoms with Crippen LogP contribution in [0.15, 0.2) is 12.1 Å². The summed E-state index contributed by atoms with van der Waals surface area (Å²) in [6.07, 6.45) is 1.85. The summed E-state index contributed by atoms with van der Waals surface area (Å²) in [4.78, 5) is 13.0. The molecular formula is C11H14N2O2. The highest BCUT2D eigenvalue weighted by molar-refractivity contribution is 5.93. The van der Waals surface area contributed by atoms with Crippen molar-refractivity contribution in [3.8, 4) is 5.75 Å². The standard InChI is InChI=1S/C11H14N2O2/c1-7(14)13-4-2-3-8-5-9(12)11(15)6-10(8)13/h5-6,15H,2-4,12H2,1H3. The number of anilines is 2. The van der Waals surface area contributed by atoms with E-state index < -0.39 is 0 Å². The van der Waals surface area contributed by atoms with Crippen molar-refractivity contribution in [1.82, 2.24) is 0 Å². The molecule has 0 bridgehead atoms. The Morgan fingerprint density at radius 2 is 2.27 bits per heavy atom. The molecule has 0 aliphatic carbocycles. The predicted octanol–water partition coefficient (Wildman–Crippen LogP) is 1.27. The van der Waals surface area contributed by atoms with Gasteiger partial charge in [-0.3, -0.25) is 4.79 Å². The molecule has 0 saturated heterocycles. The summed E-state index contributed by atoms with van der Waals surface area (Å²) in [5.41, 5.74) is 7.81. The number of hydrogen-bond donors (Lipinski definition) is 2. The van der Waals surface area contributed by atoms with Crippen LogP contribution < -0.4 is 10.6 Å². The lowest BCUT2D eigenvalue weighted by molar-refractivity contribution is -0.116. The maximum atomic E-state index is 11.4. The number of aryl methyl sites for hydroxylation is 1. The summed E-state index contributed by atoms with van der Waals surface area (Å²) in [5, 5.41) is 9.51. The van der Waals surface area contributed by atoms with Crippen LogP contribution in [0.4, 0.5) is 11.4 Å². The molecule has 80 valence electrons. The molecule has 0 saturated carbocycles. The third-order valence-electron chi connectivity index (χ3n) is 2.73. The Morgan fingerprint density at radius 3 is 2.93 bits per heavy atom. The number of aromatic hydroxyl groups is 1. The Balaban J connectivity index is 2.51. The van der Waals surface area contributed by atoms with Gasteiger partial charge in [-0.25, -0.2) is 0 Å². The van der Waals surface area contributed by atoms with Gasteiger partial charge >= 0.3 is 0 Å². The van der Waals surface area contributed by atoms with Gasteiger partial charge in [0.25, 0.3) is 0 Å². The number of nitrogens with zero attached hydrogens (tertiary/aromatic N) is 1. The lowest BCUT2D eigenvalue weighted by atomic mass is 10.0. The zero-order valence-corrected chi connectivity index (χ0v) is 8.66. The van der Waals surface area contributed by atoms with Crippen molar-refractivity contribution < 1.29 is 9.90 Å². The minimum Gasteiger partial charge on any atom is -0.506 e. The van der Waals surface area contributed by atoms with E-state index in [9.17, 15) is 9.90 Å². The van der Waals surface area contributed by atoms with Gasteiger partial charge in [0.15, 0.2) is 0 Å². The molecule has 1 aliphatic heterocycles. The van der Waals surface area contributed by atoms with Gasteiger partial charge in [-0.15, -0.1) is 0 Å². The SMILES string of the molecule is CC(=O)N1CCCc2cc(N)c(O)cc21. The lowest BCUT2D eigenvalue weighted by Gasteiger charge is -2.28. The number of rotatable bonds is 0. The predicted molar refractivity (Wildman–Crippen MR) is 58.9 cm³/mol. The van der Waals surface area contributed by atoms with Crippen LogP contribution in [0.5, 0.6) is 5.75 Å². The van der Waals surface area contributed by atoms with Gasteiger partial charge in [0.2, 0.25) is 5.91 Å². The zero-order chi connectivity index (χ0) is 11.0. The molecule has 4 nitrogen and oxygen atoms in total. The number of carbonyl (C=O) groups excluding carboxylic acids is 1. The molecule has 1 amide bonds. The van der Waals surface area contributed by atoms with Gasteiger partial charge in [0.05, 0.1) is 11.4 Å². The Morgan fingerprint density at radius 1 is 1.53 bits per heavy atom. The molecule has 0 aromatic heterocycles. The van der Waals surface area contributed by atoms with E-state index in [1.54, 1.807) is 17.0 Å². The van der Waals surface area contributed by atoms with E-state index in [0.717, 1.165) is 24.1 Å². The van der Waals surface area contributed by atoms with Crippen LogP contribution >= 0.6 is 0 Å². The molecule has 0 fully saturated rings. The number of nitrogens with two attached hydrogens (primary N) is 1. The van der Waals surface area contributed by atoms with Crippen LogP contribution in [0, 0.1) is 0 Å². The second-order valence-corrected chi connectivity index (χ2v) is 3.81. The number of phenolic OH excluding ortho intramolecular Hbond substituents is 1. The summed E-state index contributed by atoms with van der Waals surface area (Å²) in [7, 11) is 0. The minimum atomic E-state index is 0.000112. The third kappa shape index (κ3) is 1.63. The molecular weight excluding hydrogens is 192 g/mol. The zero-order valence-electron chi connectivity index (χ0n) is 8.66. The molecule has 0 radical (unpaired) electrons. The third-order valence-corrected chi connectivity index (χ3v) is 2.73. The fraction of sp³-hybridized carbons (Fsp3) is 0.364. The number of fused-ring (bicyclic) bond motifs is 1. The van der Waals surface area contributed by atoms with E-state index in [1.165, 1.54) is 6.92 Å². The van der Waals surface area contributed by atoms with Crippen LogP contribution in [0.25, 0.3) is 0 Å². The first-order valence-electron chi connectivity index (χ1n) is 4.99. The Labute approximate surface area is 88.3 Å². The van der Waals surface area contributed by atoms with Crippen LogP contribution in [-0.4, -0.2) is 17.6 Å². The topological polar surface area (TPSA) is 66.6 Å². The van der Waals surface area contributed by atoms with E-state index >= 15 is 0 Å². The fourth-order valence-electron chi connectivity index (χ4n) is 1.97. The number of carbonyl (C=O) groups is 1. The van der Waals surface area contributed by atoms with Crippen molar-refractivity contribution in [3.63, 3.8) is 0 Å². The van der Waals surface area contributed by atoms with Gasteiger partial charge in [0, 0.05) is 19.5 Å². The maximum absolute atomic E-state index is 11.4. The number of nitrogen functional groups attached to an aromatic ring is 1. The molecule has 3 N–H and O–H groups in total. The van der Waals surface area contributed by atoms with Crippen LogP contribution in [0.2, 0.25) is 0 Å². The number of amides is 1. The van der Waals surface area contributed by atoms with Gasteiger partial charge in [-0.2, -0.15) is 0 Å². The Hall–Kier alpha value is -1.71. The number of benzene rings is 1. The summed E-state index contributed by atoms with van der Waals surface area (Å²) in [6.45, 7) is 2.24. The number of hydrogen-bond acceptors (Lipinski definition) is 3. The average Bonchev–Trinajstić information content (AvgIpc) is 2.18. The van der Waals surface area contributed by atoms with E-state index in [4.69, 9.17) is 5.73 Å². The smallest absolute Gasteiger partial charge is 0.223 e. The molecule has 1 aromatic carbocycles. The normalized spacial score (nSPS) is 14.9. The molecule has 1 aliphatic rings. The lowest BCUT2D eigenvalue weighted by Crippen LogP contribution is -2.33. The van der Waals surface area contributed by atoms with Gasteiger partial charge in [-0.05, 0) is 24.5 Å². The average molecular weight is 206 g/mol. The molecule has 1 heterocycles. The van der Waals surface area contributed by atoms with Crippen molar-refractivity contribution in [2.45, 2.75) is 19.8 Å². The van der Waals surface area contributed by atoms with Crippen LogP contribution in [-0.2, 0) is 11.2 Å². The second-order valence-electron chi connectivity index (χ2n) is 3.81. The van der Waals surface area contributed by atoms with E-state index in [1.807, 2.05) is 0 Å². The highest BCUT2D eigenvalue weighted by atomic mass is 16.3. The van der Waals surface area contributed by atoms with Gasteiger partial charge in [0.1, 0.15) is 5.75 Å². The Bertz CT molecular complexity index is 415. The fourth-order valence-corrected chi connectivity index (χ4v) is 1.97. The van der Waals surface area contributed by atoms with Gasteiger partial charge in [-0.1, -0.05) is 0 Å². The van der Waals surface area contributed by atoms with Crippen LogP contribution in [0.3, 0.4) is 0 Å². The first kappa shape index (κ1) is 9.83. The quantitative estimate of drug-likeness (QED) is 0.496.